The van der Waals surface area contributed by atoms with E-state index in [1.165, 1.54) is 0 Å². The maximum absolute atomic E-state index is 6.52. The normalized spacial score (nSPS) is 17.1. The summed E-state index contributed by atoms with van der Waals surface area (Å²) in [6.45, 7) is 15.3. The molecule has 6 nitrogen and oxygen atoms in total. The lowest BCUT2D eigenvalue weighted by Crippen LogP contribution is -2.44. The molecule has 0 saturated carbocycles. The Morgan fingerprint density at radius 3 is 2.04 bits per heavy atom. The van der Waals surface area contributed by atoms with Crippen LogP contribution in [-0.2, 0) is 17.4 Å². The summed E-state index contributed by atoms with van der Waals surface area (Å²) in [5.74, 6) is 1.15. The van der Waals surface area contributed by atoms with Crippen molar-refractivity contribution in [3.63, 3.8) is 0 Å². The Morgan fingerprint density at radius 1 is 1.00 bits per heavy atom. The molecule has 0 bridgehead atoms. The van der Waals surface area contributed by atoms with Gasteiger partial charge in [-0.2, -0.15) is 0 Å². The van der Waals surface area contributed by atoms with Crippen LogP contribution in [0.4, 0.5) is 0 Å². The molecule has 1 heterocycles. The fourth-order valence-electron chi connectivity index (χ4n) is 3.01. The first-order valence-electron chi connectivity index (χ1n) is 9.13. The zero-order valence-electron chi connectivity index (χ0n) is 17.9. The Labute approximate surface area is 168 Å². The molecule has 0 N–H and O–H groups in total. The van der Waals surface area contributed by atoms with Crippen LogP contribution in [0.3, 0.4) is 0 Å². The van der Waals surface area contributed by atoms with E-state index in [1.807, 2.05) is 11.4 Å². The molecule has 27 heavy (non-hydrogen) atoms. The Bertz CT molecular complexity index is 561. The Morgan fingerprint density at radius 2 is 1.56 bits per heavy atom. The molecule has 0 aromatic heterocycles. The van der Waals surface area contributed by atoms with Crippen molar-refractivity contribution in [2.75, 3.05) is 34.9 Å². The summed E-state index contributed by atoms with van der Waals surface area (Å²) < 4.78 is 23.1. The van der Waals surface area contributed by atoms with Gasteiger partial charge in [0.1, 0.15) is 5.82 Å². The molecule has 1 rings (SSSR count). The van der Waals surface area contributed by atoms with Crippen LogP contribution < -0.4 is 0 Å². The summed E-state index contributed by atoms with van der Waals surface area (Å²) >= 11 is 0. The van der Waals surface area contributed by atoms with Crippen molar-refractivity contribution in [3.8, 4) is 0 Å². The van der Waals surface area contributed by atoms with Gasteiger partial charge in [-0.05, 0) is 31.8 Å². The van der Waals surface area contributed by atoms with Crippen molar-refractivity contribution in [3.05, 3.63) is 48.5 Å². The van der Waals surface area contributed by atoms with Gasteiger partial charge in [-0.25, -0.2) is 0 Å². The van der Waals surface area contributed by atoms with E-state index < -0.39 is 25.4 Å². The molecule has 0 spiro atoms. The molecule has 0 saturated heterocycles. The van der Waals surface area contributed by atoms with Crippen molar-refractivity contribution in [1.82, 2.24) is 9.80 Å². The molecule has 0 aliphatic carbocycles. The summed E-state index contributed by atoms with van der Waals surface area (Å²) in [5, 5.41) is 0. The summed E-state index contributed by atoms with van der Waals surface area (Å²) in [6, 6.07) is 0.771. The van der Waals surface area contributed by atoms with E-state index in [4.69, 9.17) is 17.4 Å². The van der Waals surface area contributed by atoms with Crippen LogP contribution in [0.2, 0.25) is 25.7 Å². The van der Waals surface area contributed by atoms with Crippen LogP contribution in [0.15, 0.2) is 48.5 Å². The predicted molar refractivity (Wildman–Crippen MR) is 118 cm³/mol. The van der Waals surface area contributed by atoms with Crippen LogP contribution in [-0.4, -0.2) is 70.2 Å². The van der Waals surface area contributed by atoms with Gasteiger partial charge < -0.3 is 27.2 Å². The van der Waals surface area contributed by atoms with Crippen molar-refractivity contribution in [2.45, 2.75) is 32.1 Å². The van der Waals surface area contributed by atoms with Gasteiger partial charge in [-0.15, -0.1) is 13.2 Å². The lowest BCUT2D eigenvalue weighted by atomic mass is 10.4. The first-order chi connectivity index (χ1) is 12.6. The molecule has 154 valence electrons. The molecule has 9 heteroatoms. The predicted octanol–water partition coefficient (Wildman–Crippen LogP) is 3.60. The van der Waals surface area contributed by atoms with Crippen LogP contribution in [0.5, 0.6) is 0 Å². The summed E-state index contributed by atoms with van der Waals surface area (Å²) in [7, 11) is 0.355. The van der Waals surface area contributed by atoms with E-state index in [0.717, 1.165) is 24.8 Å². The van der Waals surface area contributed by atoms with Gasteiger partial charge in [0.15, 0.2) is 0 Å². The fraction of sp³-hybridized carbons (Fsp3) is 0.556. The smallest absolute Gasteiger partial charge is 0.446 e. The van der Waals surface area contributed by atoms with Gasteiger partial charge in [-0.3, -0.25) is 0 Å². The second-order valence-corrected chi connectivity index (χ2v) is 17.9. The third-order valence-corrected chi connectivity index (χ3v) is 14.0. The SMILES string of the molecule is C=C[Si](C)(C=C)O[Si](C)(C)C=C1N(C)C=CN1CCC[Si](OC)(OC)OC. The van der Waals surface area contributed by atoms with E-state index in [0.29, 0.717) is 0 Å². The summed E-state index contributed by atoms with van der Waals surface area (Å²) in [5.41, 5.74) is 6.16. The van der Waals surface area contributed by atoms with E-state index in [-0.39, 0.29) is 0 Å². The molecular formula is C18H36N2O4Si3. The van der Waals surface area contributed by atoms with E-state index >= 15 is 0 Å². The third kappa shape index (κ3) is 6.56. The second-order valence-electron chi connectivity index (χ2n) is 7.30. The van der Waals surface area contributed by atoms with Gasteiger partial charge in [-0.1, -0.05) is 11.4 Å². The van der Waals surface area contributed by atoms with Crippen LogP contribution in [0, 0.1) is 0 Å². The standard InChI is InChI=1S/C18H36N2O4Si3/c1-10-26(9,11-2)24-25(7,8)17-18-19(3)14-15-20(18)13-12-16-27(21-4,22-5)23-6/h10-11,14-15,17H,1-2,12-13,16H2,3-9H3. The lowest BCUT2D eigenvalue weighted by molar-refractivity contribution is 0.122. The molecular weight excluding hydrogens is 392 g/mol. The van der Waals surface area contributed by atoms with Crippen molar-refractivity contribution in [1.29, 1.82) is 0 Å². The first kappa shape index (κ1) is 24.1. The highest BCUT2D eigenvalue weighted by Crippen LogP contribution is 2.25. The minimum atomic E-state index is -2.53. The van der Waals surface area contributed by atoms with Gasteiger partial charge in [0, 0.05) is 53.4 Å². The summed E-state index contributed by atoms with van der Waals surface area (Å²) in [4.78, 5) is 4.38. The second kappa shape index (κ2) is 10.0. The molecule has 0 atom stereocenters. The molecule has 0 aromatic rings. The van der Waals surface area contributed by atoms with Crippen LogP contribution in [0.1, 0.15) is 6.42 Å². The highest BCUT2D eigenvalue weighted by atomic mass is 28.4. The zero-order valence-corrected chi connectivity index (χ0v) is 20.9. The van der Waals surface area contributed by atoms with Crippen molar-refractivity contribution in [2.24, 2.45) is 0 Å². The minimum Gasteiger partial charge on any atom is -0.446 e. The molecule has 0 aromatic carbocycles. The molecule has 0 amide bonds. The van der Waals surface area contributed by atoms with Crippen molar-refractivity contribution < 1.29 is 17.4 Å². The number of hydrogen-bond acceptors (Lipinski definition) is 6. The first-order valence-corrected chi connectivity index (χ1v) is 16.6. The Kier molecular flexibility index (Phi) is 8.93. The van der Waals surface area contributed by atoms with Gasteiger partial charge in [0.05, 0.1) is 0 Å². The van der Waals surface area contributed by atoms with Crippen LogP contribution in [0.25, 0.3) is 0 Å². The number of hydrogen-bond donors (Lipinski definition) is 0. The Balaban J connectivity index is 2.85. The zero-order chi connectivity index (χ0) is 20.7. The van der Waals surface area contributed by atoms with Crippen molar-refractivity contribution >= 4 is 25.4 Å². The highest BCUT2D eigenvalue weighted by Gasteiger charge is 2.37. The maximum atomic E-state index is 6.52. The average molecular weight is 429 g/mol. The number of rotatable bonds is 12. The maximum Gasteiger partial charge on any atom is 0.500 e. The largest absolute Gasteiger partial charge is 0.500 e. The van der Waals surface area contributed by atoms with Crippen LogP contribution >= 0.6 is 0 Å². The van der Waals surface area contributed by atoms with Gasteiger partial charge in [0.25, 0.3) is 0 Å². The molecule has 0 radical (unpaired) electrons. The molecule has 0 unspecified atom stereocenters. The fourth-order valence-corrected chi connectivity index (χ4v) is 11.3. The number of nitrogens with zero attached hydrogens (tertiary/aromatic N) is 2. The molecule has 1 aliphatic heterocycles. The Hall–Kier alpha value is -0.949. The lowest BCUT2D eigenvalue weighted by Gasteiger charge is -2.32. The topological polar surface area (TPSA) is 43.4 Å². The van der Waals surface area contributed by atoms with Gasteiger partial charge in [0.2, 0.25) is 16.6 Å². The molecule has 1 aliphatic rings. The minimum absolute atomic E-state index is 0.771. The average Bonchev–Trinajstić information content (AvgIpc) is 2.98. The summed E-state index contributed by atoms with van der Waals surface area (Å²) in [6.07, 6.45) is 5.08. The third-order valence-electron chi connectivity index (χ3n) is 4.71. The van der Waals surface area contributed by atoms with Gasteiger partial charge >= 0.3 is 8.80 Å². The highest BCUT2D eigenvalue weighted by molar-refractivity contribution is 6.92. The van der Waals surface area contributed by atoms with E-state index in [2.05, 4.69) is 67.7 Å². The monoisotopic (exact) mass is 428 g/mol. The van der Waals surface area contributed by atoms with E-state index in [9.17, 15) is 0 Å². The van der Waals surface area contributed by atoms with E-state index in [1.54, 1.807) is 21.3 Å². The molecule has 0 fully saturated rings. The quantitative estimate of drug-likeness (QED) is 0.443.